The van der Waals surface area contributed by atoms with Gasteiger partial charge in [-0.05, 0) is 49.6 Å². The Morgan fingerprint density at radius 2 is 1.71 bits per heavy atom. The third-order valence-corrected chi connectivity index (χ3v) is 8.67. The number of rotatable bonds is 6. The molecule has 0 spiro atoms. The lowest BCUT2D eigenvalue weighted by molar-refractivity contribution is -0.127. The fourth-order valence-corrected chi connectivity index (χ4v) is 6.19. The van der Waals surface area contributed by atoms with Gasteiger partial charge in [-0.15, -0.1) is 0 Å². The molecule has 2 aliphatic heterocycles. The number of carbonyl (C=O) groups is 1. The van der Waals surface area contributed by atoms with Crippen LogP contribution < -0.4 is 0 Å². The molecule has 0 N–H and O–H groups in total. The van der Waals surface area contributed by atoms with Crippen LogP contribution in [0.15, 0.2) is 71.3 Å². The molecule has 3 aromatic rings. The molecule has 0 aliphatic carbocycles. The summed E-state index contributed by atoms with van der Waals surface area (Å²) in [4.78, 5) is 15.0. The average molecular weight is 532 g/mol. The molecule has 10 heteroatoms. The second-order valence-corrected chi connectivity index (χ2v) is 11.2. The van der Waals surface area contributed by atoms with Crippen molar-refractivity contribution in [3.63, 3.8) is 0 Å². The Bertz CT molecular complexity index is 1480. The predicted molar refractivity (Wildman–Crippen MR) is 143 cm³/mol. The molecule has 2 aliphatic rings. The van der Waals surface area contributed by atoms with Crippen LogP contribution in [0, 0.1) is 11.3 Å². The van der Waals surface area contributed by atoms with Gasteiger partial charge in [-0.1, -0.05) is 30.3 Å². The number of sulfonamides is 1. The number of piperidine rings is 1. The summed E-state index contributed by atoms with van der Waals surface area (Å²) in [5.74, 6) is -0.297. The van der Waals surface area contributed by atoms with Crippen LogP contribution in [0.2, 0.25) is 0 Å². The van der Waals surface area contributed by atoms with Gasteiger partial charge < -0.3 is 9.64 Å². The first-order chi connectivity index (χ1) is 18.5. The summed E-state index contributed by atoms with van der Waals surface area (Å²) < 4.78 is 35.0. The van der Waals surface area contributed by atoms with Gasteiger partial charge in [0.05, 0.1) is 23.8 Å². The van der Waals surface area contributed by atoms with Gasteiger partial charge in [0.2, 0.25) is 10.0 Å². The molecule has 2 aromatic carbocycles. The molecule has 9 nitrogen and oxygen atoms in total. The van der Waals surface area contributed by atoms with E-state index in [1.165, 1.54) is 4.31 Å². The first-order valence-electron chi connectivity index (χ1n) is 12.7. The minimum atomic E-state index is -3.72. The molecule has 3 heterocycles. The Morgan fingerprint density at radius 1 is 0.974 bits per heavy atom. The van der Waals surface area contributed by atoms with E-state index in [9.17, 15) is 18.5 Å². The average Bonchev–Trinajstić information content (AvgIpc) is 3.41. The summed E-state index contributed by atoms with van der Waals surface area (Å²) in [6.07, 6.45) is 6.24. The van der Waals surface area contributed by atoms with Crippen LogP contribution in [0.25, 0.3) is 23.0 Å². The maximum Gasteiger partial charge on any atom is 0.264 e. The standard InChI is InChI=1S/C28H29N5O4S/c29-20-23(28(34)31-12-5-2-6-13-31)18-24-21-33(25-9-3-1-4-10-25)30-27(24)22-8-7-11-26(19-22)38(35,36)32-14-16-37-17-15-32/h1,3-4,7-11,18-19,21H,2,5-6,12-17H2/b23-18-. The molecule has 1 amide bonds. The molecule has 38 heavy (non-hydrogen) atoms. The first-order valence-corrected chi connectivity index (χ1v) is 14.2. The van der Waals surface area contributed by atoms with Gasteiger partial charge in [0, 0.05) is 43.5 Å². The summed E-state index contributed by atoms with van der Waals surface area (Å²) in [5, 5.41) is 14.6. The number of hydrogen-bond donors (Lipinski definition) is 0. The van der Waals surface area contributed by atoms with Crippen molar-refractivity contribution in [1.82, 2.24) is 19.0 Å². The van der Waals surface area contributed by atoms with Crippen molar-refractivity contribution in [2.75, 3.05) is 39.4 Å². The largest absolute Gasteiger partial charge is 0.379 e. The van der Waals surface area contributed by atoms with Crippen molar-refractivity contribution >= 4 is 22.0 Å². The number of nitrogens with zero attached hydrogens (tertiary/aromatic N) is 5. The van der Waals surface area contributed by atoms with Gasteiger partial charge in [-0.2, -0.15) is 14.7 Å². The van der Waals surface area contributed by atoms with Gasteiger partial charge in [0.15, 0.2) is 0 Å². The van der Waals surface area contributed by atoms with E-state index in [4.69, 9.17) is 9.84 Å². The lowest BCUT2D eigenvalue weighted by atomic mass is 10.0. The van der Waals surface area contributed by atoms with Gasteiger partial charge in [0.25, 0.3) is 5.91 Å². The molecule has 2 saturated heterocycles. The van der Waals surface area contributed by atoms with Gasteiger partial charge in [0.1, 0.15) is 17.3 Å². The van der Waals surface area contributed by atoms with E-state index in [1.54, 1.807) is 46.1 Å². The number of hydrogen-bond acceptors (Lipinski definition) is 6. The Morgan fingerprint density at radius 3 is 2.42 bits per heavy atom. The first kappa shape index (κ1) is 25.9. The van der Waals surface area contributed by atoms with Gasteiger partial charge in [-0.25, -0.2) is 13.1 Å². The highest BCUT2D eigenvalue weighted by Crippen LogP contribution is 2.29. The summed E-state index contributed by atoms with van der Waals surface area (Å²) in [7, 11) is -3.72. The number of likely N-dealkylation sites (tertiary alicyclic amines) is 1. The van der Waals surface area contributed by atoms with Gasteiger partial charge >= 0.3 is 0 Å². The zero-order valence-electron chi connectivity index (χ0n) is 21.0. The van der Waals surface area contributed by atoms with Crippen LogP contribution in [0.1, 0.15) is 24.8 Å². The Hall–Kier alpha value is -3.78. The van der Waals surface area contributed by atoms with Crippen molar-refractivity contribution in [2.24, 2.45) is 0 Å². The summed E-state index contributed by atoms with van der Waals surface area (Å²) in [6, 6.07) is 18.2. The van der Waals surface area contributed by atoms with E-state index in [-0.39, 0.29) is 16.4 Å². The second-order valence-electron chi connectivity index (χ2n) is 9.28. The SMILES string of the molecule is N#C/C(=C/c1cn(-c2ccccc2)nc1-c1cccc(S(=O)(=O)N2CCOCC2)c1)C(=O)N1CCCCC1. The number of benzene rings is 2. The topological polar surface area (TPSA) is 109 Å². The zero-order valence-corrected chi connectivity index (χ0v) is 21.8. The Labute approximate surface area is 222 Å². The minimum Gasteiger partial charge on any atom is -0.379 e. The van der Waals surface area contributed by atoms with Crippen LogP contribution in [-0.4, -0.2) is 72.7 Å². The lowest BCUT2D eigenvalue weighted by Gasteiger charge is -2.26. The number of amides is 1. The van der Waals surface area contributed by atoms with Crippen molar-refractivity contribution in [3.05, 3.63) is 71.9 Å². The minimum absolute atomic E-state index is 0.0258. The number of carbonyl (C=O) groups excluding carboxylic acids is 1. The van der Waals surface area contributed by atoms with E-state index >= 15 is 0 Å². The molecule has 196 valence electrons. The number of nitriles is 1. The lowest BCUT2D eigenvalue weighted by Crippen LogP contribution is -2.40. The number of ether oxygens (including phenoxy) is 1. The highest BCUT2D eigenvalue weighted by atomic mass is 32.2. The zero-order chi connectivity index (χ0) is 26.5. The molecule has 0 bridgehead atoms. The monoisotopic (exact) mass is 531 g/mol. The van der Waals surface area contributed by atoms with Crippen LogP contribution in [0.4, 0.5) is 0 Å². The van der Waals surface area contributed by atoms with Crippen LogP contribution in [0.3, 0.4) is 0 Å². The molecule has 2 fully saturated rings. The number of para-hydroxylation sites is 1. The van der Waals surface area contributed by atoms with E-state index in [2.05, 4.69) is 6.07 Å². The third kappa shape index (κ3) is 5.41. The predicted octanol–water partition coefficient (Wildman–Crippen LogP) is 3.48. The highest BCUT2D eigenvalue weighted by molar-refractivity contribution is 7.89. The van der Waals surface area contributed by atoms with E-state index < -0.39 is 10.0 Å². The molecule has 0 atom stereocenters. The number of aromatic nitrogens is 2. The van der Waals surface area contributed by atoms with Gasteiger partial charge in [-0.3, -0.25) is 4.79 Å². The van der Waals surface area contributed by atoms with Crippen LogP contribution in [-0.2, 0) is 19.6 Å². The smallest absolute Gasteiger partial charge is 0.264 e. The maximum absolute atomic E-state index is 13.3. The molecule has 1 aromatic heterocycles. The van der Waals surface area contributed by atoms with Crippen molar-refractivity contribution in [2.45, 2.75) is 24.2 Å². The fraction of sp³-hybridized carbons (Fsp3) is 0.321. The molecule has 0 unspecified atom stereocenters. The summed E-state index contributed by atoms with van der Waals surface area (Å²) >= 11 is 0. The van der Waals surface area contributed by atoms with E-state index in [0.717, 1.165) is 24.9 Å². The van der Waals surface area contributed by atoms with Crippen molar-refractivity contribution < 1.29 is 17.9 Å². The van der Waals surface area contributed by atoms with E-state index in [0.29, 0.717) is 56.2 Å². The van der Waals surface area contributed by atoms with Crippen LogP contribution >= 0.6 is 0 Å². The maximum atomic E-state index is 13.3. The van der Waals surface area contributed by atoms with Crippen molar-refractivity contribution in [1.29, 1.82) is 5.26 Å². The Balaban J connectivity index is 1.57. The Kier molecular flexibility index (Phi) is 7.69. The molecular weight excluding hydrogens is 502 g/mol. The van der Waals surface area contributed by atoms with E-state index in [1.807, 2.05) is 30.3 Å². The van der Waals surface area contributed by atoms with Crippen LogP contribution in [0.5, 0.6) is 0 Å². The second kappa shape index (κ2) is 11.3. The molecule has 0 saturated carbocycles. The molecule has 5 rings (SSSR count). The summed E-state index contributed by atoms with van der Waals surface area (Å²) in [6.45, 7) is 2.58. The molecule has 0 radical (unpaired) electrons. The quantitative estimate of drug-likeness (QED) is 0.356. The highest BCUT2D eigenvalue weighted by Gasteiger charge is 2.27. The normalized spacial score (nSPS) is 17.2. The van der Waals surface area contributed by atoms with Crippen molar-refractivity contribution in [3.8, 4) is 23.0 Å². The third-order valence-electron chi connectivity index (χ3n) is 6.77. The molecular formula is C28H29N5O4S. The fourth-order valence-electron chi connectivity index (χ4n) is 4.73. The number of morpholine rings is 1. The summed E-state index contributed by atoms with van der Waals surface area (Å²) in [5.41, 5.74) is 2.43.